The Morgan fingerprint density at radius 2 is 1.93 bits per heavy atom. The Bertz CT molecular complexity index is 1130. The standard InChI is InChI=1S/C19H18ClNO5S/c1-4-25-19(22)18-12(3)26-17-8-5-13(10-15(17)18)21-27(23,24)14-6-7-16(20)11(2)9-14/h5-10,21H,4H2,1-3H3. The number of carbonyl (C=O) groups is 1. The third-order valence-corrected chi connectivity index (χ3v) is 5.84. The fraction of sp³-hybridized carbons (Fsp3) is 0.211. The Morgan fingerprint density at radius 3 is 2.59 bits per heavy atom. The van der Waals surface area contributed by atoms with Crippen LogP contribution in [0.1, 0.15) is 28.6 Å². The van der Waals surface area contributed by atoms with Gasteiger partial charge in [-0.25, -0.2) is 13.2 Å². The minimum Gasteiger partial charge on any atom is -0.462 e. The SMILES string of the molecule is CCOC(=O)c1c(C)oc2ccc(NS(=O)(=O)c3ccc(Cl)c(C)c3)cc12. The topological polar surface area (TPSA) is 85.6 Å². The Morgan fingerprint density at radius 1 is 1.19 bits per heavy atom. The second-order valence-corrected chi connectivity index (χ2v) is 8.07. The molecule has 1 N–H and O–H groups in total. The van der Waals surface area contributed by atoms with Crippen molar-refractivity contribution >= 4 is 44.3 Å². The van der Waals surface area contributed by atoms with Gasteiger partial charge in [-0.05, 0) is 62.7 Å². The van der Waals surface area contributed by atoms with E-state index in [4.69, 9.17) is 20.8 Å². The van der Waals surface area contributed by atoms with Crippen LogP contribution < -0.4 is 4.72 Å². The quantitative estimate of drug-likeness (QED) is 0.620. The highest BCUT2D eigenvalue weighted by atomic mass is 35.5. The predicted octanol–water partition coefficient (Wildman–Crippen LogP) is 4.68. The number of hydrogen-bond acceptors (Lipinski definition) is 5. The van der Waals surface area contributed by atoms with Crippen molar-refractivity contribution < 1.29 is 22.4 Å². The number of fused-ring (bicyclic) bond motifs is 1. The average Bonchev–Trinajstić information content (AvgIpc) is 2.92. The number of nitrogens with one attached hydrogen (secondary N) is 1. The fourth-order valence-corrected chi connectivity index (χ4v) is 3.99. The highest BCUT2D eigenvalue weighted by Crippen LogP contribution is 2.30. The van der Waals surface area contributed by atoms with Gasteiger partial charge in [-0.15, -0.1) is 0 Å². The molecular weight excluding hydrogens is 390 g/mol. The summed E-state index contributed by atoms with van der Waals surface area (Å²) in [5, 5.41) is 0.974. The molecule has 1 aromatic heterocycles. The lowest BCUT2D eigenvalue weighted by atomic mass is 10.1. The maximum atomic E-state index is 12.7. The lowest BCUT2D eigenvalue weighted by Gasteiger charge is -2.09. The number of sulfonamides is 1. The van der Waals surface area contributed by atoms with Crippen molar-refractivity contribution in [3.63, 3.8) is 0 Å². The summed E-state index contributed by atoms with van der Waals surface area (Å²) in [5.74, 6) is -0.0983. The lowest BCUT2D eigenvalue weighted by molar-refractivity contribution is 0.0526. The number of benzene rings is 2. The molecule has 8 heteroatoms. The zero-order valence-electron chi connectivity index (χ0n) is 15.0. The van der Waals surface area contributed by atoms with Crippen molar-refractivity contribution in [3.05, 3.63) is 58.3 Å². The summed E-state index contributed by atoms with van der Waals surface area (Å²) in [5.41, 5.74) is 1.72. The van der Waals surface area contributed by atoms with E-state index in [9.17, 15) is 13.2 Å². The van der Waals surface area contributed by atoms with Crippen LogP contribution >= 0.6 is 11.6 Å². The smallest absolute Gasteiger partial charge is 0.342 e. The van der Waals surface area contributed by atoms with Crippen molar-refractivity contribution in [2.24, 2.45) is 0 Å². The molecule has 0 radical (unpaired) electrons. The van der Waals surface area contributed by atoms with Gasteiger partial charge in [0, 0.05) is 16.1 Å². The van der Waals surface area contributed by atoms with Gasteiger partial charge < -0.3 is 9.15 Å². The number of anilines is 1. The molecular formula is C19H18ClNO5S. The van der Waals surface area contributed by atoms with Gasteiger partial charge in [-0.2, -0.15) is 0 Å². The molecule has 27 heavy (non-hydrogen) atoms. The van der Waals surface area contributed by atoms with E-state index in [1.165, 1.54) is 18.2 Å². The molecule has 3 rings (SSSR count). The zero-order chi connectivity index (χ0) is 19.8. The van der Waals surface area contributed by atoms with Crippen LogP contribution in [0.25, 0.3) is 11.0 Å². The number of halogens is 1. The van der Waals surface area contributed by atoms with Crippen molar-refractivity contribution in [1.29, 1.82) is 0 Å². The molecule has 2 aromatic carbocycles. The van der Waals surface area contributed by atoms with Crippen LogP contribution in [0.5, 0.6) is 0 Å². The molecule has 0 bridgehead atoms. The molecule has 0 amide bonds. The minimum absolute atomic E-state index is 0.0958. The minimum atomic E-state index is -3.81. The van der Waals surface area contributed by atoms with Crippen molar-refractivity contribution in [2.75, 3.05) is 11.3 Å². The molecule has 0 spiro atoms. The van der Waals surface area contributed by atoms with E-state index >= 15 is 0 Å². The molecule has 0 saturated carbocycles. The maximum absolute atomic E-state index is 12.7. The molecule has 0 aliphatic rings. The first kappa shape index (κ1) is 19.3. The fourth-order valence-electron chi connectivity index (χ4n) is 2.74. The summed E-state index contributed by atoms with van der Waals surface area (Å²) in [6, 6.07) is 9.19. The second-order valence-electron chi connectivity index (χ2n) is 5.98. The first-order valence-electron chi connectivity index (χ1n) is 8.22. The van der Waals surface area contributed by atoms with Gasteiger partial charge in [-0.3, -0.25) is 4.72 Å². The Labute approximate surface area is 162 Å². The molecule has 0 aliphatic heterocycles. The number of carbonyl (C=O) groups excluding carboxylic acids is 1. The van der Waals surface area contributed by atoms with E-state index in [2.05, 4.69) is 4.72 Å². The number of ether oxygens (including phenoxy) is 1. The largest absolute Gasteiger partial charge is 0.462 e. The van der Waals surface area contributed by atoms with Gasteiger partial charge in [0.2, 0.25) is 0 Å². The van der Waals surface area contributed by atoms with E-state index in [0.29, 0.717) is 33.0 Å². The molecule has 0 unspecified atom stereocenters. The number of furan rings is 1. The number of esters is 1. The number of hydrogen-bond donors (Lipinski definition) is 1. The van der Waals surface area contributed by atoms with Crippen LogP contribution in [0.2, 0.25) is 5.02 Å². The monoisotopic (exact) mass is 407 g/mol. The first-order valence-corrected chi connectivity index (χ1v) is 10.1. The summed E-state index contributed by atoms with van der Waals surface area (Å²) in [6.45, 7) is 5.33. The van der Waals surface area contributed by atoms with Crippen molar-refractivity contribution in [2.45, 2.75) is 25.7 Å². The highest BCUT2D eigenvalue weighted by molar-refractivity contribution is 7.92. The van der Waals surface area contributed by atoms with E-state index in [0.717, 1.165) is 0 Å². The van der Waals surface area contributed by atoms with Crippen LogP contribution in [0.4, 0.5) is 5.69 Å². The van der Waals surface area contributed by atoms with E-state index < -0.39 is 16.0 Å². The molecule has 6 nitrogen and oxygen atoms in total. The second kappa shape index (κ2) is 7.25. The third kappa shape index (κ3) is 3.79. The highest BCUT2D eigenvalue weighted by Gasteiger charge is 2.21. The number of aryl methyl sites for hydroxylation is 2. The third-order valence-electron chi connectivity index (χ3n) is 4.04. The van der Waals surface area contributed by atoms with Crippen LogP contribution in [-0.4, -0.2) is 21.0 Å². The van der Waals surface area contributed by atoms with E-state index in [1.807, 2.05) is 0 Å². The van der Waals surface area contributed by atoms with Gasteiger partial charge in [0.15, 0.2) is 0 Å². The lowest BCUT2D eigenvalue weighted by Crippen LogP contribution is -2.13. The predicted molar refractivity (Wildman–Crippen MR) is 104 cm³/mol. The molecule has 3 aromatic rings. The van der Waals surface area contributed by atoms with Crippen LogP contribution in [0.3, 0.4) is 0 Å². The van der Waals surface area contributed by atoms with Gasteiger partial charge in [0.25, 0.3) is 10.0 Å². The zero-order valence-corrected chi connectivity index (χ0v) is 16.6. The van der Waals surface area contributed by atoms with Crippen LogP contribution in [0.15, 0.2) is 45.7 Å². The molecule has 0 saturated heterocycles. The van der Waals surface area contributed by atoms with Crippen LogP contribution in [-0.2, 0) is 14.8 Å². The normalized spacial score (nSPS) is 11.6. The Kier molecular flexibility index (Phi) is 5.17. The molecule has 0 aliphatic carbocycles. The Hall–Kier alpha value is -2.51. The molecule has 0 fully saturated rings. The summed E-state index contributed by atoms with van der Waals surface area (Å²) in [4.78, 5) is 12.3. The van der Waals surface area contributed by atoms with Crippen molar-refractivity contribution in [3.8, 4) is 0 Å². The summed E-state index contributed by atoms with van der Waals surface area (Å²) < 4.78 is 38.5. The molecule has 1 heterocycles. The molecule has 0 atom stereocenters. The van der Waals surface area contributed by atoms with Gasteiger partial charge in [-0.1, -0.05) is 11.6 Å². The summed E-state index contributed by atoms with van der Waals surface area (Å²) >= 11 is 5.96. The first-order chi connectivity index (χ1) is 12.7. The van der Waals surface area contributed by atoms with E-state index in [1.54, 1.807) is 39.0 Å². The van der Waals surface area contributed by atoms with Gasteiger partial charge >= 0.3 is 5.97 Å². The van der Waals surface area contributed by atoms with Crippen LogP contribution in [0, 0.1) is 13.8 Å². The van der Waals surface area contributed by atoms with Gasteiger partial charge in [0.05, 0.1) is 11.5 Å². The van der Waals surface area contributed by atoms with Crippen molar-refractivity contribution in [1.82, 2.24) is 0 Å². The van der Waals surface area contributed by atoms with E-state index in [-0.39, 0.29) is 17.1 Å². The van der Waals surface area contributed by atoms with Gasteiger partial charge in [0.1, 0.15) is 16.9 Å². The average molecular weight is 408 g/mol. The number of rotatable bonds is 5. The maximum Gasteiger partial charge on any atom is 0.342 e. The summed E-state index contributed by atoms with van der Waals surface area (Å²) in [7, 11) is -3.81. The molecule has 142 valence electrons. The Balaban J connectivity index is 2.01. The summed E-state index contributed by atoms with van der Waals surface area (Å²) in [6.07, 6.45) is 0.